The Kier molecular flexibility index (Phi) is 8.65. The van der Waals surface area contributed by atoms with Crippen molar-refractivity contribution in [1.82, 2.24) is 9.97 Å². The van der Waals surface area contributed by atoms with E-state index in [1.54, 1.807) is 24.3 Å². The van der Waals surface area contributed by atoms with Crippen LogP contribution in [-0.4, -0.2) is 23.2 Å². The smallest absolute Gasteiger partial charge is 0.190 e. The highest BCUT2D eigenvalue weighted by Crippen LogP contribution is 2.26. The molecule has 2 N–H and O–H groups in total. The fourth-order valence-corrected chi connectivity index (χ4v) is 4.85. The van der Waals surface area contributed by atoms with E-state index >= 15 is 0 Å². The molecule has 40 heavy (non-hydrogen) atoms. The molecule has 0 atom stereocenters. The van der Waals surface area contributed by atoms with Crippen LogP contribution in [0.1, 0.15) is 52.4 Å². The van der Waals surface area contributed by atoms with Gasteiger partial charge in [0, 0.05) is 34.3 Å². The van der Waals surface area contributed by atoms with Crippen LogP contribution in [0.25, 0.3) is 44.3 Å². The highest BCUT2D eigenvalue weighted by Gasteiger charge is 2.11. The van der Waals surface area contributed by atoms with Gasteiger partial charge in [0.2, 0.25) is 0 Å². The van der Waals surface area contributed by atoms with Crippen molar-refractivity contribution < 1.29 is 9.47 Å². The van der Waals surface area contributed by atoms with Gasteiger partial charge in [-0.1, -0.05) is 39.5 Å². The fraction of sp³-hybridized carbons (Fsp3) is 0.294. The van der Waals surface area contributed by atoms with Crippen molar-refractivity contribution in [2.24, 2.45) is 0 Å². The van der Waals surface area contributed by atoms with Gasteiger partial charge in [-0.2, -0.15) is 0 Å². The Labute approximate surface area is 234 Å². The molecule has 0 saturated carbocycles. The van der Waals surface area contributed by atoms with Crippen molar-refractivity contribution in [3.8, 4) is 34.0 Å². The SMILES string of the molecule is CCCCCOc1ccc(-c2cc(=O)c3cc4[nH]c(-c5ccc(OCCCCC)cc5)cc(=O)c4cc3[nH]2)cc1. The largest absolute Gasteiger partial charge is 0.494 e. The third-order valence-corrected chi connectivity index (χ3v) is 7.14. The number of benzene rings is 3. The summed E-state index contributed by atoms with van der Waals surface area (Å²) in [5.41, 5.74) is 4.17. The second kappa shape index (κ2) is 12.7. The summed E-state index contributed by atoms with van der Waals surface area (Å²) in [5, 5.41) is 1.05. The number of nitrogens with one attached hydrogen (secondary N) is 2. The highest BCUT2D eigenvalue weighted by atomic mass is 16.5. The molecule has 5 aromatic rings. The number of pyridine rings is 2. The quantitative estimate of drug-likeness (QED) is 0.126. The van der Waals surface area contributed by atoms with Gasteiger partial charge in [0.05, 0.1) is 24.2 Å². The molecule has 2 aromatic heterocycles. The zero-order valence-corrected chi connectivity index (χ0v) is 23.2. The van der Waals surface area contributed by atoms with Gasteiger partial charge >= 0.3 is 0 Å². The van der Waals surface area contributed by atoms with Gasteiger partial charge in [-0.25, -0.2) is 0 Å². The molecule has 206 valence electrons. The van der Waals surface area contributed by atoms with Crippen LogP contribution in [-0.2, 0) is 0 Å². The monoisotopic (exact) mass is 536 g/mol. The standard InChI is InChI=1S/C34H36N2O4/c1-3-5-7-17-39-25-13-9-23(10-14-25)29-21-33(37)27-20-32-28(19-31(27)35-29)34(38)22-30(36-32)24-11-15-26(16-12-24)40-18-8-6-4-2/h9-16,19-22H,3-8,17-18H2,1-2H3,(H,35,37)(H,36,38). The van der Waals surface area contributed by atoms with Gasteiger partial charge in [0.1, 0.15) is 11.5 Å². The minimum atomic E-state index is -0.110. The molecule has 0 spiro atoms. The van der Waals surface area contributed by atoms with Crippen LogP contribution in [0.2, 0.25) is 0 Å². The average molecular weight is 537 g/mol. The number of fused-ring (bicyclic) bond motifs is 2. The number of ether oxygens (including phenoxy) is 2. The van der Waals surface area contributed by atoms with Crippen molar-refractivity contribution in [3.05, 3.63) is 93.2 Å². The van der Waals surface area contributed by atoms with Gasteiger partial charge in [-0.05, 0) is 84.6 Å². The van der Waals surface area contributed by atoms with Gasteiger partial charge in [-0.15, -0.1) is 0 Å². The summed E-state index contributed by atoms with van der Waals surface area (Å²) < 4.78 is 11.6. The van der Waals surface area contributed by atoms with Crippen molar-refractivity contribution >= 4 is 21.8 Å². The highest BCUT2D eigenvalue weighted by molar-refractivity contribution is 5.96. The Morgan fingerprint density at radius 1 is 0.550 bits per heavy atom. The Bertz CT molecular complexity index is 1570. The summed E-state index contributed by atoms with van der Waals surface area (Å²) in [6.45, 7) is 5.73. The Morgan fingerprint density at radius 3 is 1.32 bits per heavy atom. The molecule has 0 radical (unpaired) electrons. The minimum absolute atomic E-state index is 0.110. The predicted molar refractivity (Wildman–Crippen MR) is 164 cm³/mol. The predicted octanol–water partition coefficient (Wildman–Crippen LogP) is 7.84. The maximum absolute atomic E-state index is 13.1. The van der Waals surface area contributed by atoms with E-state index < -0.39 is 0 Å². The molecule has 0 aliphatic carbocycles. The number of unbranched alkanes of at least 4 members (excludes halogenated alkanes) is 4. The van der Waals surface area contributed by atoms with Crippen LogP contribution >= 0.6 is 0 Å². The number of aromatic nitrogens is 2. The fourth-order valence-electron chi connectivity index (χ4n) is 4.85. The lowest BCUT2D eigenvalue weighted by atomic mass is 10.1. The van der Waals surface area contributed by atoms with E-state index in [0.29, 0.717) is 46.4 Å². The summed E-state index contributed by atoms with van der Waals surface area (Å²) in [7, 11) is 0. The minimum Gasteiger partial charge on any atom is -0.494 e. The van der Waals surface area contributed by atoms with Gasteiger partial charge in [0.15, 0.2) is 10.9 Å². The average Bonchev–Trinajstić information content (AvgIpc) is 2.97. The molecule has 0 amide bonds. The van der Waals surface area contributed by atoms with E-state index in [9.17, 15) is 9.59 Å². The molecule has 6 heteroatoms. The molecular formula is C34H36N2O4. The first kappa shape index (κ1) is 27.3. The summed E-state index contributed by atoms with van der Waals surface area (Å²) in [6, 6.07) is 22.2. The van der Waals surface area contributed by atoms with Crippen LogP contribution in [0, 0.1) is 0 Å². The Morgan fingerprint density at radius 2 is 0.950 bits per heavy atom. The summed E-state index contributed by atoms with van der Waals surface area (Å²) >= 11 is 0. The second-order valence-electron chi connectivity index (χ2n) is 10.2. The van der Waals surface area contributed by atoms with E-state index in [1.165, 1.54) is 0 Å². The van der Waals surface area contributed by atoms with E-state index in [2.05, 4.69) is 23.8 Å². The van der Waals surface area contributed by atoms with E-state index in [-0.39, 0.29) is 10.9 Å². The third-order valence-electron chi connectivity index (χ3n) is 7.14. The lowest BCUT2D eigenvalue weighted by Gasteiger charge is -2.10. The molecular weight excluding hydrogens is 500 g/mol. The summed E-state index contributed by atoms with van der Waals surface area (Å²) in [4.78, 5) is 33.0. The molecule has 5 rings (SSSR count). The molecule has 0 bridgehead atoms. The van der Waals surface area contributed by atoms with Crippen molar-refractivity contribution in [1.29, 1.82) is 0 Å². The number of hydrogen-bond donors (Lipinski definition) is 2. The Balaban J connectivity index is 1.40. The lowest BCUT2D eigenvalue weighted by molar-refractivity contribution is 0.306. The third kappa shape index (κ3) is 6.28. The molecule has 6 nitrogen and oxygen atoms in total. The van der Waals surface area contributed by atoms with Gasteiger partial charge < -0.3 is 19.4 Å². The van der Waals surface area contributed by atoms with Crippen molar-refractivity contribution in [3.63, 3.8) is 0 Å². The first-order valence-corrected chi connectivity index (χ1v) is 14.3. The number of H-pyrrole nitrogens is 2. The normalized spacial score (nSPS) is 11.2. The Hall–Kier alpha value is -4.32. The van der Waals surface area contributed by atoms with Crippen molar-refractivity contribution in [2.45, 2.75) is 52.4 Å². The van der Waals surface area contributed by atoms with Crippen LogP contribution in [0.3, 0.4) is 0 Å². The van der Waals surface area contributed by atoms with E-state index in [1.807, 2.05) is 48.5 Å². The topological polar surface area (TPSA) is 84.2 Å². The zero-order chi connectivity index (χ0) is 27.9. The molecule has 2 heterocycles. The van der Waals surface area contributed by atoms with Crippen LogP contribution in [0.5, 0.6) is 11.5 Å². The van der Waals surface area contributed by atoms with Crippen LogP contribution in [0.4, 0.5) is 0 Å². The van der Waals surface area contributed by atoms with Crippen LogP contribution < -0.4 is 20.3 Å². The molecule has 0 unspecified atom stereocenters. The number of aromatic amines is 2. The molecule has 0 saturated heterocycles. The maximum atomic E-state index is 13.1. The van der Waals surface area contributed by atoms with Gasteiger partial charge in [-0.3, -0.25) is 9.59 Å². The number of rotatable bonds is 12. The first-order chi connectivity index (χ1) is 19.6. The molecule has 0 aliphatic heterocycles. The van der Waals surface area contributed by atoms with Crippen molar-refractivity contribution in [2.75, 3.05) is 13.2 Å². The lowest BCUT2D eigenvalue weighted by Crippen LogP contribution is -2.07. The van der Waals surface area contributed by atoms with E-state index in [4.69, 9.17) is 9.47 Å². The molecule has 3 aromatic carbocycles. The molecule has 0 fully saturated rings. The van der Waals surface area contributed by atoms with E-state index in [0.717, 1.165) is 61.2 Å². The second-order valence-corrected chi connectivity index (χ2v) is 10.2. The summed E-state index contributed by atoms with van der Waals surface area (Å²) in [5.74, 6) is 1.62. The zero-order valence-electron chi connectivity index (χ0n) is 23.2. The first-order valence-electron chi connectivity index (χ1n) is 14.3. The maximum Gasteiger partial charge on any atom is 0.190 e. The van der Waals surface area contributed by atoms with Crippen LogP contribution in [0.15, 0.2) is 82.4 Å². The van der Waals surface area contributed by atoms with Gasteiger partial charge in [0.25, 0.3) is 0 Å². The molecule has 0 aliphatic rings. The number of hydrogen-bond acceptors (Lipinski definition) is 4. The summed E-state index contributed by atoms with van der Waals surface area (Å²) in [6.07, 6.45) is 6.68.